The summed E-state index contributed by atoms with van der Waals surface area (Å²) in [6.07, 6.45) is 2.61. The summed E-state index contributed by atoms with van der Waals surface area (Å²) >= 11 is 0. The van der Waals surface area contributed by atoms with Crippen LogP contribution in [0, 0.1) is 10.1 Å². The van der Waals surface area contributed by atoms with Crippen LogP contribution in [0.25, 0.3) is 0 Å². The Hall–Kier alpha value is -1.58. The number of ether oxygens (including phenoxy) is 1. The monoisotopic (exact) mass is 155 g/mol. The quantitative estimate of drug-likeness (QED) is 0.267. The lowest BCUT2D eigenvalue weighted by Gasteiger charge is -1.93. The molecule has 0 fully saturated rings. The molecule has 60 valence electrons. The smallest absolute Gasteiger partial charge is 0.262 e. The van der Waals surface area contributed by atoms with Crippen LogP contribution in [-0.4, -0.2) is 12.0 Å². The third-order valence-electron chi connectivity index (χ3n) is 0.958. The zero-order chi connectivity index (χ0) is 8.85. The van der Waals surface area contributed by atoms with Gasteiger partial charge in [0.1, 0.15) is 5.76 Å². The van der Waals surface area contributed by atoms with Gasteiger partial charge in [0.05, 0.1) is 12.0 Å². The van der Waals surface area contributed by atoms with Crippen molar-refractivity contribution in [1.29, 1.82) is 0 Å². The Morgan fingerprint density at radius 3 is 2.45 bits per heavy atom. The van der Waals surface area contributed by atoms with Gasteiger partial charge in [0.25, 0.3) is 5.70 Å². The summed E-state index contributed by atoms with van der Waals surface area (Å²) in [5.74, 6) is 0.355. The Balaban J connectivity index is 4.04. The molecule has 4 nitrogen and oxygen atoms in total. The van der Waals surface area contributed by atoms with Gasteiger partial charge in [-0.25, -0.2) is 0 Å². The fraction of sp³-hybridized carbons (Fsp3) is 0.143. The predicted molar refractivity (Wildman–Crippen MR) is 41.4 cm³/mol. The molecule has 0 aliphatic heterocycles. The third kappa shape index (κ3) is 3.91. The van der Waals surface area contributed by atoms with Gasteiger partial charge in [-0.3, -0.25) is 10.1 Å². The van der Waals surface area contributed by atoms with Crippen molar-refractivity contribution in [3.63, 3.8) is 0 Å². The van der Waals surface area contributed by atoms with Crippen LogP contribution >= 0.6 is 0 Å². The molecular formula is C7H9NO3. The van der Waals surface area contributed by atoms with Crippen LogP contribution < -0.4 is 0 Å². The molecule has 0 N–H and O–H groups in total. The normalized spacial score (nSPS) is 9.55. The second kappa shape index (κ2) is 4.27. The van der Waals surface area contributed by atoms with Crippen LogP contribution in [0.3, 0.4) is 0 Å². The van der Waals surface area contributed by atoms with E-state index in [0.717, 1.165) is 0 Å². The van der Waals surface area contributed by atoms with E-state index in [1.165, 1.54) is 19.3 Å². The first-order chi connectivity index (χ1) is 5.07. The zero-order valence-electron chi connectivity index (χ0n) is 6.24. The number of nitrogens with zero attached hydrogens (tertiary/aromatic N) is 1. The highest BCUT2D eigenvalue weighted by molar-refractivity contribution is 5.16. The van der Waals surface area contributed by atoms with Crippen molar-refractivity contribution in [3.05, 3.63) is 46.9 Å². The van der Waals surface area contributed by atoms with Gasteiger partial charge in [0.2, 0.25) is 0 Å². The molecule has 0 aliphatic carbocycles. The molecule has 0 aromatic rings. The Bertz CT molecular complexity index is 218. The maximum absolute atomic E-state index is 9.98. The molecule has 4 heteroatoms. The van der Waals surface area contributed by atoms with E-state index in [9.17, 15) is 10.1 Å². The van der Waals surface area contributed by atoms with Crippen molar-refractivity contribution >= 4 is 0 Å². The van der Waals surface area contributed by atoms with Crippen LogP contribution in [0.15, 0.2) is 36.8 Å². The van der Waals surface area contributed by atoms with Gasteiger partial charge in [-0.1, -0.05) is 6.58 Å². The van der Waals surface area contributed by atoms with Crippen molar-refractivity contribution < 1.29 is 9.66 Å². The van der Waals surface area contributed by atoms with E-state index in [1.807, 2.05) is 0 Å². The van der Waals surface area contributed by atoms with Crippen LogP contribution in [0.5, 0.6) is 0 Å². The maximum Gasteiger partial charge on any atom is 0.262 e. The molecule has 11 heavy (non-hydrogen) atoms. The van der Waals surface area contributed by atoms with Crippen molar-refractivity contribution in [2.24, 2.45) is 0 Å². The van der Waals surface area contributed by atoms with Gasteiger partial charge >= 0.3 is 0 Å². The number of rotatable bonds is 4. The fourth-order valence-electron chi connectivity index (χ4n) is 0.318. The molecule has 0 aliphatic rings. The van der Waals surface area contributed by atoms with Crippen molar-refractivity contribution in [2.75, 3.05) is 7.11 Å². The van der Waals surface area contributed by atoms with Crippen molar-refractivity contribution in [1.82, 2.24) is 0 Å². The van der Waals surface area contributed by atoms with E-state index in [2.05, 4.69) is 17.9 Å². The first-order valence-corrected chi connectivity index (χ1v) is 2.82. The van der Waals surface area contributed by atoms with Crippen molar-refractivity contribution in [2.45, 2.75) is 0 Å². The summed E-state index contributed by atoms with van der Waals surface area (Å²) in [4.78, 5) is 9.40. The van der Waals surface area contributed by atoms with Gasteiger partial charge in [-0.05, 0) is 12.7 Å². The minimum absolute atomic E-state index is 0.191. The molecular weight excluding hydrogens is 146 g/mol. The summed E-state index contributed by atoms with van der Waals surface area (Å²) in [6.45, 7) is 6.61. The number of nitro groups is 1. The zero-order valence-corrected chi connectivity index (χ0v) is 6.24. The molecule has 0 spiro atoms. The average molecular weight is 155 g/mol. The molecule has 0 radical (unpaired) electrons. The minimum atomic E-state index is -0.584. The second-order valence-electron chi connectivity index (χ2n) is 1.75. The lowest BCUT2D eigenvalue weighted by atomic mass is 10.4. The SMILES string of the molecule is C=C(/C=C\C(=C)[N+](=O)[O-])OC. The highest BCUT2D eigenvalue weighted by Crippen LogP contribution is 1.98. The third-order valence-corrected chi connectivity index (χ3v) is 0.958. The Morgan fingerprint density at radius 2 is 2.09 bits per heavy atom. The van der Waals surface area contributed by atoms with Gasteiger partial charge < -0.3 is 4.74 Å². The molecule has 0 atom stereocenters. The summed E-state index contributed by atoms with van der Waals surface area (Å²) in [5, 5.41) is 9.98. The lowest BCUT2D eigenvalue weighted by Crippen LogP contribution is -1.92. The fourth-order valence-corrected chi connectivity index (χ4v) is 0.318. The summed E-state index contributed by atoms with van der Waals surface area (Å²) in [5.41, 5.74) is -0.191. The Kier molecular flexibility index (Phi) is 3.66. The number of methoxy groups -OCH3 is 1. The largest absolute Gasteiger partial charge is 0.497 e. The first-order valence-electron chi connectivity index (χ1n) is 2.82. The topological polar surface area (TPSA) is 52.4 Å². The summed E-state index contributed by atoms with van der Waals surface area (Å²) < 4.78 is 4.64. The number of hydrogen-bond donors (Lipinski definition) is 0. The van der Waals surface area contributed by atoms with Crippen LogP contribution in [-0.2, 0) is 4.74 Å². The standard InChI is InChI=1S/C7H9NO3/c1-6(8(9)10)4-5-7(2)11-3/h4-5H,1-2H2,3H3/b5-4-. The molecule has 0 heterocycles. The molecule has 0 amide bonds. The van der Waals surface area contributed by atoms with E-state index in [1.54, 1.807) is 0 Å². The van der Waals surface area contributed by atoms with E-state index in [0.29, 0.717) is 5.76 Å². The highest BCUT2D eigenvalue weighted by atomic mass is 16.6. The van der Waals surface area contributed by atoms with E-state index in [4.69, 9.17) is 0 Å². The lowest BCUT2D eigenvalue weighted by molar-refractivity contribution is -0.418. The van der Waals surface area contributed by atoms with Crippen LogP contribution in [0.2, 0.25) is 0 Å². The van der Waals surface area contributed by atoms with Crippen LogP contribution in [0.4, 0.5) is 0 Å². The van der Waals surface area contributed by atoms with Gasteiger partial charge in [-0.2, -0.15) is 0 Å². The van der Waals surface area contributed by atoms with E-state index >= 15 is 0 Å². The van der Waals surface area contributed by atoms with Gasteiger partial charge in [0.15, 0.2) is 0 Å². The maximum atomic E-state index is 9.98. The summed E-state index contributed by atoms with van der Waals surface area (Å²) in [7, 11) is 1.43. The Labute approximate surface area is 64.6 Å². The first kappa shape index (κ1) is 9.42. The molecule has 0 saturated heterocycles. The average Bonchev–Trinajstić information content (AvgIpc) is 1.99. The van der Waals surface area contributed by atoms with Crippen molar-refractivity contribution in [3.8, 4) is 0 Å². The second-order valence-corrected chi connectivity index (χ2v) is 1.75. The number of hydrogen-bond acceptors (Lipinski definition) is 3. The molecule has 0 unspecified atom stereocenters. The van der Waals surface area contributed by atoms with E-state index in [-0.39, 0.29) is 5.70 Å². The minimum Gasteiger partial charge on any atom is -0.497 e. The van der Waals surface area contributed by atoms with E-state index < -0.39 is 4.92 Å². The summed E-state index contributed by atoms with van der Waals surface area (Å²) in [6, 6.07) is 0. The molecule has 0 aromatic heterocycles. The Morgan fingerprint density at radius 1 is 1.55 bits per heavy atom. The molecule has 0 aromatic carbocycles. The van der Waals surface area contributed by atoms with Gasteiger partial charge in [-0.15, -0.1) is 0 Å². The highest BCUT2D eigenvalue weighted by Gasteiger charge is 1.98. The van der Waals surface area contributed by atoms with Gasteiger partial charge in [0, 0.05) is 6.08 Å². The predicted octanol–water partition coefficient (Wildman–Crippen LogP) is 1.49. The molecule has 0 saturated carbocycles. The number of allylic oxidation sites excluding steroid dienone is 2. The molecule has 0 bridgehead atoms. The van der Waals surface area contributed by atoms with Crippen LogP contribution in [0.1, 0.15) is 0 Å². The molecule has 0 rings (SSSR count).